The summed E-state index contributed by atoms with van der Waals surface area (Å²) in [7, 11) is -8.62. The van der Waals surface area contributed by atoms with E-state index in [0.717, 1.165) is 51.0 Å². The molecule has 5 aromatic heterocycles. The van der Waals surface area contributed by atoms with Crippen molar-refractivity contribution in [3.63, 3.8) is 0 Å². The lowest BCUT2D eigenvalue weighted by Crippen LogP contribution is -2.44. The number of thioether (sulfide) groups is 3. The average Bonchev–Trinajstić information content (AvgIpc) is 1.88. The minimum atomic E-state index is -4.36. The molecule has 0 spiro atoms. The normalized spacial score (nSPS) is 26.2. The van der Waals surface area contributed by atoms with Gasteiger partial charge in [-0.15, -0.1) is 0 Å². The van der Waals surface area contributed by atoms with Crippen molar-refractivity contribution >= 4 is 130 Å². The van der Waals surface area contributed by atoms with Crippen LogP contribution < -0.4 is 64.7 Å². The van der Waals surface area contributed by atoms with Gasteiger partial charge in [0.25, 0.3) is 42.5 Å². The van der Waals surface area contributed by atoms with Crippen LogP contribution in [0.4, 0.5) is 41.2 Å². The van der Waals surface area contributed by atoms with Gasteiger partial charge in [-0.1, -0.05) is 108 Å². The van der Waals surface area contributed by atoms with E-state index in [2.05, 4.69) is 66.2 Å². The predicted octanol–water partition coefficient (Wildman–Crippen LogP) is -1.99. The predicted molar refractivity (Wildman–Crippen MR) is 403 cm³/mol. The van der Waals surface area contributed by atoms with Crippen LogP contribution in [0.25, 0.3) is 10.3 Å². The summed E-state index contributed by atoms with van der Waals surface area (Å²) in [4.78, 5) is 113. The molecule has 49 heteroatoms. The summed E-state index contributed by atoms with van der Waals surface area (Å²) >= 11 is 3.72. The third kappa shape index (κ3) is 17.6. The Hall–Kier alpha value is -9.62. The minimum absolute atomic E-state index is 0.0231. The van der Waals surface area contributed by atoms with E-state index in [1.807, 2.05) is 6.92 Å². The highest BCUT2D eigenvalue weighted by Crippen LogP contribution is 2.49. The highest BCUT2D eigenvalue weighted by molar-refractivity contribution is 8.04. The topological polar surface area (TPSA) is 646 Å². The zero-order valence-electron chi connectivity index (χ0n) is 59.6. The fourth-order valence-electron chi connectivity index (χ4n) is 12.1. The molecule has 7 aliphatic rings. The van der Waals surface area contributed by atoms with Crippen molar-refractivity contribution in [3.8, 4) is 0 Å². The number of aromatic nitrogens is 9. The summed E-state index contributed by atoms with van der Waals surface area (Å²) in [5.74, 6) is -1.08. The molecule has 0 saturated carbocycles. The first-order valence-electron chi connectivity index (χ1n) is 33.1. The number of aliphatic hydroxyl groups excluding tert-OH is 7. The van der Waals surface area contributed by atoms with Crippen LogP contribution in [0.15, 0.2) is 144 Å². The van der Waals surface area contributed by atoms with Crippen LogP contribution in [0.1, 0.15) is 38.1 Å². The highest BCUT2D eigenvalue weighted by Gasteiger charge is 2.55. The maximum atomic E-state index is 13.2. The van der Waals surface area contributed by atoms with Gasteiger partial charge in [0, 0.05) is 13.8 Å². The number of ether oxygens (including phenoxy) is 7. The Morgan fingerprint density at radius 3 is 1.27 bits per heavy atom. The molecular weight excluding hydrogens is 1620 g/mol. The third-order valence-corrected chi connectivity index (χ3v) is 23.9. The first-order valence-corrected chi connectivity index (χ1v) is 39.2. The summed E-state index contributed by atoms with van der Waals surface area (Å²) in [6.07, 6.45) is -19.6. The molecule has 14 rings (SSSR count). The van der Waals surface area contributed by atoms with E-state index in [1.54, 1.807) is 31.2 Å². The summed E-state index contributed by atoms with van der Waals surface area (Å²) in [5.41, 5.74) is 22.0. The molecule has 0 radical (unpaired) electrons. The van der Waals surface area contributed by atoms with Gasteiger partial charge in [-0.25, -0.2) is 0 Å². The van der Waals surface area contributed by atoms with Gasteiger partial charge in [0.2, 0.25) is 23.8 Å². The number of thiazole rings is 1. The summed E-state index contributed by atoms with van der Waals surface area (Å²) < 4.78 is 102. The zero-order valence-corrected chi connectivity index (χ0v) is 64.5. The number of anilines is 7. The van der Waals surface area contributed by atoms with E-state index in [0.29, 0.717) is 26.4 Å². The molecule has 12 heterocycles. The molecule has 43 nitrogen and oxygen atoms in total. The molecule has 2 aromatic carbocycles. The van der Waals surface area contributed by atoms with E-state index >= 15 is 0 Å². The molecule has 113 heavy (non-hydrogen) atoms. The Morgan fingerprint density at radius 2 is 0.867 bits per heavy atom. The van der Waals surface area contributed by atoms with Crippen molar-refractivity contribution in [2.24, 2.45) is 0 Å². The van der Waals surface area contributed by atoms with E-state index < -0.39 is 177 Å². The number of aliphatic hydroxyl groups is 7. The zero-order chi connectivity index (χ0) is 82.5. The third-order valence-electron chi connectivity index (χ3n) is 17.3. The van der Waals surface area contributed by atoms with Gasteiger partial charge in [0.15, 0.2) is 54.1 Å². The monoisotopic (exact) mass is 1690 g/mol. The van der Waals surface area contributed by atoms with Crippen LogP contribution in [0.5, 0.6) is 0 Å². The number of H-pyrrole nitrogens is 4. The van der Waals surface area contributed by atoms with Crippen molar-refractivity contribution in [1.29, 1.82) is 0 Å². The molecule has 608 valence electrons. The van der Waals surface area contributed by atoms with Crippen LogP contribution in [0.3, 0.4) is 0 Å². The lowest BCUT2D eigenvalue weighted by atomic mass is 10.1. The fraction of sp³-hybridized carbons (Fsp3) is 0.391. The van der Waals surface area contributed by atoms with Crippen LogP contribution in [0, 0.1) is 13.8 Å². The van der Waals surface area contributed by atoms with Crippen molar-refractivity contribution in [2.45, 2.75) is 157 Å². The number of esters is 2. The number of benzene rings is 2. The number of carbonyl (C=O) groups is 2. The van der Waals surface area contributed by atoms with E-state index in [4.69, 9.17) is 69.6 Å². The number of nitrogens with two attached hydrogens (primary N) is 4. The number of nitrogens with zero attached hydrogens (tertiary/aromatic N) is 8. The lowest BCUT2D eigenvalue weighted by Gasteiger charge is -2.28. The maximum Gasteiger partial charge on any atom is 0.311 e. The lowest BCUT2D eigenvalue weighted by molar-refractivity contribution is -0.147. The van der Waals surface area contributed by atoms with Crippen LogP contribution in [-0.4, -0.2) is 227 Å². The Balaban J connectivity index is 0.000000152. The molecule has 16 atom stereocenters. The molecule has 7 aromatic rings. The van der Waals surface area contributed by atoms with Crippen molar-refractivity contribution in [3.05, 3.63) is 158 Å². The molecule has 4 saturated heterocycles. The number of allylic oxidation sites excluding steroid dienone is 1. The Labute approximate surface area is 654 Å². The molecule has 0 unspecified atom stereocenters. The van der Waals surface area contributed by atoms with E-state index in [1.165, 1.54) is 59.7 Å². The number of rotatable bonds is 18. The van der Waals surface area contributed by atoms with Crippen LogP contribution in [0.2, 0.25) is 0 Å². The second kappa shape index (κ2) is 33.8. The maximum absolute atomic E-state index is 13.2. The first-order chi connectivity index (χ1) is 53.2. The SMILES string of the molecule is C=C(C)O[C@@H]1[C@@H](OS(=O)(=O)c2ccc(C)cc2)[C@@H](COC(C)=O)O[C@H]1n1c(=O)sc2c(=O)[nH]c(N)nc21.C=C1Sc2c(nc(N)[nH]c2=O)N1[C@@H]1O[C@H](CO)[C@H](O)[C@H]1O.C=C1Sc2c(nc(N)[nH]c2=O)N1[C@@H]1O[C@H](CO)[C@H](OS(=O)(=O)c2ccc(C)cc2)[C@H]1O.C=C1Sc2c(nc(N)[nH]c2=O)N1[C@@H]1O[C@H](COC(C)=O)[C@@H](O)[C@H]1O. The summed E-state index contributed by atoms with van der Waals surface area (Å²) in [6, 6.07) is 12.0. The summed E-state index contributed by atoms with van der Waals surface area (Å²) in [5, 5.41) is 71.1. The second-order valence-corrected chi connectivity index (χ2v) is 32.7. The molecule has 0 amide bonds. The van der Waals surface area contributed by atoms with Gasteiger partial charge in [0.05, 0.1) is 43.9 Å². The standard InChI is InChI=1S/C22H24N4O9S2.C18H20N4O7S2.C13H16N4O6S.C11H14N4O5S/c1-10(2)33-16-15(35-37(30,31)13-7-5-11(3)6-8-13)14(9-32-12(4)27)34-20(16)26-18-17(36-22(26)29)19(28)25-21(23)24-18;1-8-3-5-10(6-4-8)31(26,27)29-13-11(7-23)28-17(12(13)24)22-9(2)30-14-15(22)20-18(19)21-16(14)25;1-4-17(10-9(24-4)11(21)16-13(14)15-10)12-8(20)7(19)6(23-12)3-22-5(2)18;1-3-15(10-6(18)5(17)4(2-16)20-10)8-7(21-3)9(19)14-11(12)13-8/h5-8,14-16,20H,1,9H2,2-4H3,(H3,23,24,25,28);3-6,11-13,17,23-24H,2,7H2,1H3,(H3,19,20,21,25);6-8,12,19-20H,1,3H2,2H3,(H3,14,15,16,21);4-6,10,16-18H,1-2H2,(H3,12,13,14,19)/t14-,15+,16-,20-;11-,12-,13+,17-;6-,7-,8-,12-;4-,5+,6-,10-/m1111/s1. The van der Waals surface area contributed by atoms with E-state index in [9.17, 15) is 81.0 Å². The molecule has 0 aliphatic carbocycles. The Bertz CT molecular complexity index is 5440. The fourth-order valence-corrected chi connectivity index (χ4v) is 17.9. The number of aromatic amines is 4. The van der Waals surface area contributed by atoms with Gasteiger partial charge in [-0.2, -0.15) is 36.8 Å². The van der Waals surface area contributed by atoms with Crippen molar-refractivity contribution < 1.29 is 104 Å². The van der Waals surface area contributed by atoms with Gasteiger partial charge in [-0.05, 0) is 45.0 Å². The summed E-state index contributed by atoms with van der Waals surface area (Å²) in [6.45, 7) is 21.0. The number of carbonyl (C=O) groups excluding carboxylic acids is 2. The van der Waals surface area contributed by atoms with Gasteiger partial charge in [-0.3, -0.25) is 81.1 Å². The number of nitrogens with one attached hydrogen (secondary N) is 4. The molecule has 19 N–H and O–H groups in total. The Kier molecular flexibility index (Phi) is 25.2. The van der Waals surface area contributed by atoms with Crippen LogP contribution >= 0.6 is 46.6 Å². The quantitative estimate of drug-likeness (QED) is 0.0251. The van der Waals surface area contributed by atoms with Crippen molar-refractivity contribution in [1.82, 2.24) is 44.4 Å². The van der Waals surface area contributed by atoms with E-state index in [-0.39, 0.29) is 88.4 Å². The highest BCUT2D eigenvalue weighted by atomic mass is 32.2. The van der Waals surface area contributed by atoms with Gasteiger partial charge < -0.3 is 91.8 Å². The van der Waals surface area contributed by atoms with Gasteiger partial charge in [0.1, 0.15) is 99.7 Å². The molecule has 0 bridgehead atoms. The average molecular weight is 1690 g/mol. The first kappa shape index (κ1) is 84.3. The molecular formula is C64H74N16O27S6. The number of aryl methyl sites for hydroxylation is 2. The second-order valence-electron chi connectivity index (χ2n) is 25.4. The van der Waals surface area contributed by atoms with Gasteiger partial charge >= 0.3 is 16.8 Å². The van der Waals surface area contributed by atoms with Crippen LogP contribution in [-0.2, 0) is 71.3 Å². The number of hydrogen-bond donors (Lipinski definition) is 15. The smallest absolute Gasteiger partial charge is 0.311 e. The largest absolute Gasteiger partial charge is 0.488 e. The molecule has 7 aliphatic heterocycles. The minimum Gasteiger partial charge on any atom is -0.488 e. The molecule has 4 fully saturated rings. The Morgan fingerprint density at radius 1 is 0.504 bits per heavy atom. The van der Waals surface area contributed by atoms with Crippen molar-refractivity contribution in [2.75, 3.05) is 64.1 Å². The number of hydrogen-bond acceptors (Lipinski definition) is 42. The number of nitrogen functional groups attached to an aromatic ring is 4. The number of fused-ring (bicyclic) bond motifs is 4.